The van der Waals surface area contributed by atoms with Gasteiger partial charge in [0.05, 0.1) is 19.2 Å². The molecule has 27 heavy (non-hydrogen) atoms. The summed E-state index contributed by atoms with van der Waals surface area (Å²) in [6.07, 6.45) is 0. The minimum absolute atomic E-state index is 0.144. The SMILES string of the molecule is CC[NH+](CC(=O)Nc1ccc(NC(C)=O)cc1)Cc1cc(F)ccc1OC. The molecule has 2 rings (SSSR count). The first-order valence-electron chi connectivity index (χ1n) is 8.74. The molecule has 2 amide bonds. The molecule has 1 unspecified atom stereocenters. The van der Waals surface area contributed by atoms with Crippen molar-refractivity contribution >= 4 is 23.2 Å². The summed E-state index contributed by atoms with van der Waals surface area (Å²) < 4.78 is 18.8. The normalized spacial score (nSPS) is 11.6. The maximum Gasteiger partial charge on any atom is 0.279 e. The van der Waals surface area contributed by atoms with Gasteiger partial charge in [-0.2, -0.15) is 0 Å². The number of quaternary nitrogens is 1. The Morgan fingerprint density at radius 2 is 1.70 bits per heavy atom. The van der Waals surface area contributed by atoms with Gasteiger partial charge in [0.2, 0.25) is 5.91 Å². The predicted octanol–water partition coefficient (Wildman–Crippen LogP) is 1.84. The minimum Gasteiger partial charge on any atom is -0.496 e. The second-order valence-corrected chi connectivity index (χ2v) is 6.22. The molecule has 1 atom stereocenters. The summed E-state index contributed by atoms with van der Waals surface area (Å²) in [7, 11) is 1.54. The van der Waals surface area contributed by atoms with Gasteiger partial charge in [0.15, 0.2) is 6.54 Å². The number of likely N-dealkylation sites (N-methyl/N-ethyl adjacent to an activating group) is 1. The molecule has 2 aromatic rings. The molecule has 6 nitrogen and oxygen atoms in total. The van der Waals surface area contributed by atoms with Crippen molar-refractivity contribution in [2.45, 2.75) is 20.4 Å². The molecule has 0 aliphatic carbocycles. The fourth-order valence-electron chi connectivity index (χ4n) is 2.74. The highest BCUT2D eigenvalue weighted by Crippen LogP contribution is 2.18. The molecule has 0 heterocycles. The van der Waals surface area contributed by atoms with Crippen LogP contribution in [0.15, 0.2) is 42.5 Å². The number of hydrogen-bond acceptors (Lipinski definition) is 3. The highest BCUT2D eigenvalue weighted by atomic mass is 19.1. The number of anilines is 2. The third-order valence-electron chi connectivity index (χ3n) is 4.08. The number of hydrogen-bond donors (Lipinski definition) is 3. The van der Waals surface area contributed by atoms with E-state index in [4.69, 9.17) is 4.74 Å². The van der Waals surface area contributed by atoms with Crippen molar-refractivity contribution in [3.05, 3.63) is 53.8 Å². The van der Waals surface area contributed by atoms with Crippen molar-refractivity contribution in [2.24, 2.45) is 0 Å². The Labute approximate surface area is 158 Å². The van der Waals surface area contributed by atoms with Crippen LogP contribution in [-0.4, -0.2) is 32.0 Å². The molecule has 0 bridgehead atoms. The summed E-state index contributed by atoms with van der Waals surface area (Å²) in [6.45, 7) is 4.83. The molecule has 0 fully saturated rings. The van der Waals surface area contributed by atoms with Crippen molar-refractivity contribution in [1.82, 2.24) is 0 Å². The monoisotopic (exact) mass is 374 g/mol. The number of halogens is 1. The van der Waals surface area contributed by atoms with Crippen LogP contribution in [0.1, 0.15) is 19.4 Å². The highest BCUT2D eigenvalue weighted by Gasteiger charge is 2.16. The number of ether oxygens (including phenoxy) is 1. The summed E-state index contributed by atoms with van der Waals surface area (Å²) >= 11 is 0. The van der Waals surface area contributed by atoms with Gasteiger partial charge in [-0.1, -0.05) is 0 Å². The quantitative estimate of drug-likeness (QED) is 0.660. The lowest BCUT2D eigenvalue weighted by atomic mass is 10.1. The Hall–Kier alpha value is -2.93. The van der Waals surface area contributed by atoms with E-state index in [9.17, 15) is 14.0 Å². The molecular formula is C20H25FN3O3+. The van der Waals surface area contributed by atoms with Crippen LogP contribution in [0.2, 0.25) is 0 Å². The molecule has 144 valence electrons. The van der Waals surface area contributed by atoms with Crippen molar-refractivity contribution in [2.75, 3.05) is 30.8 Å². The Bertz CT molecular complexity index is 794. The van der Waals surface area contributed by atoms with Crippen LogP contribution in [0.25, 0.3) is 0 Å². The van der Waals surface area contributed by atoms with Gasteiger partial charge in [0.1, 0.15) is 18.1 Å². The van der Waals surface area contributed by atoms with Crippen LogP contribution >= 0.6 is 0 Å². The van der Waals surface area contributed by atoms with Crippen molar-refractivity contribution < 1.29 is 23.6 Å². The maximum absolute atomic E-state index is 13.5. The summed E-state index contributed by atoms with van der Waals surface area (Å²) in [5, 5.41) is 5.51. The van der Waals surface area contributed by atoms with Crippen molar-refractivity contribution in [1.29, 1.82) is 0 Å². The fourth-order valence-corrected chi connectivity index (χ4v) is 2.74. The summed E-state index contributed by atoms with van der Waals surface area (Å²) in [6, 6.07) is 11.3. The topological polar surface area (TPSA) is 71.9 Å². The fraction of sp³-hybridized carbons (Fsp3) is 0.300. The molecule has 0 saturated carbocycles. The smallest absolute Gasteiger partial charge is 0.279 e. The first kappa shape index (κ1) is 20.4. The lowest BCUT2D eigenvalue weighted by molar-refractivity contribution is -0.903. The van der Waals surface area contributed by atoms with E-state index in [1.165, 1.54) is 19.1 Å². The first-order chi connectivity index (χ1) is 12.9. The lowest BCUT2D eigenvalue weighted by Crippen LogP contribution is -3.11. The third-order valence-corrected chi connectivity index (χ3v) is 4.08. The van der Waals surface area contributed by atoms with E-state index in [1.807, 2.05) is 6.92 Å². The molecule has 2 aromatic carbocycles. The Balaban J connectivity index is 1.96. The largest absolute Gasteiger partial charge is 0.496 e. The van der Waals surface area contributed by atoms with E-state index < -0.39 is 0 Å². The summed E-state index contributed by atoms with van der Waals surface area (Å²) in [5.41, 5.74) is 2.04. The zero-order valence-electron chi connectivity index (χ0n) is 15.8. The third kappa shape index (κ3) is 6.38. The zero-order chi connectivity index (χ0) is 19.8. The van der Waals surface area contributed by atoms with Gasteiger partial charge in [-0.15, -0.1) is 0 Å². The molecule has 3 N–H and O–H groups in total. The second-order valence-electron chi connectivity index (χ2n) is 6.22. The van der Waals surface area contributed by atoms with Crippen LogP contribution in [0.4, 0.5) is 15.8 Å². The van der Waals surface area contributed by atoms with Gasteiger partial charge in [-0.05, 0) is 49.4 Å². The van der Waals surface area contributed by atoms with E-state index in [0.717, 1.165) is 10.5 Å². The van der Waals surface area contributed by atoms with Crippen LogP contribution in [0, 0.1) is 5.82 Å². The number of carbonyl (C=O) groups excluding carboxylic acids is 2. The van der Waals surface area contributed by atoms with Crippen LogP contribution in [-0.2, 0) is 16.1 Å². The van der Waals surface area contributed by atoms with E-state index in [1.54, 1.807) is 37.4 Å². The minimum atomic E-state index is -0.329. The maximum atomic E-state index is 13.5. The Kier molecular flexibility index (Phi) is 7.31. The second kappa shape index (κ2) is 9.68. The number of methoxy groups -OCH3 is 1. The van der Waals surface area contributed by atoms with Gasteiger partial charge >= 0.3 is 0 Å². The lowest BCUT2D eigenvalue weighted by Gasteiger charge is -2.19. The average molecular weight is 374 g/mol. The van der Waals surface area contributed by atoms with Crippen molar-refractivity contribution in [3.8, 4) is 5.75 Å². The molecule has 7 heteroatoms. The highest BCUT2D eigenvalue weighted by molar-refractivity contribution is 5.92. The molecule has 0 aromatic heterocycles. The number of carbonyl (C=O) groups is 2. The van der Waals surface area contributed by atoms with E-state index in [-0.39, 0.29) is 24.2 Å². The molecule has 0 spiro atoms. The molecule has 0 radical (unpaired) electrons. The Morgan fingerprint density at radius 1 is 1.07 bits per heavy atom. The van der Waals surface area contributed by atoms with Crippen LogP contribution in [0.3, 0.4) is 0 Å². The van der Waals surface area contributed by atoms with Crippen LogP contribution in [0.5, 0.6) is 5.75 Å². The molecule has 0 aliphatic rings. The average Bonchev–Trinajstić information content (AvgIpc) is 2.62. The van der Waals surface area contributed by atoms with E-state index in [0.29, 0.717) is 30.2 Å². The van der Waals surface area contributed by atoms with E-state index in [2.05, 4.69) is 10.6 Å². The number of amides is 2. The van der Waals surface area contributed by atoms with E-state index >= 15 is 0 Å². The van der Waals surface area contributed by atoms with Gasteiger partial charge in [0.25, 0.3) is 5.91 Å². The zero-order valence-corrected chi connectivity index (χ0v) is 15.8. The summed E-state index contributed by atoms with van der Waals surface area (Å²) in [4.78, 5) is 24.4. The number of rotatable bonds is 8. The first-order valence-corrected chi connectivity index (χ1v) is 8.74. The van der Waals surface area contributed by atoms with Crippen molar-refractivity contribution in [3.63, 3.8) is 0 Å². The number of benzene rings is 2. The molecular weight excluding hydrogens is 349 g/mol. The number of nitrogens with one attached hydrogen (secondary N) is 3. The van der Waals surface area contributed by atoms with Gasteiger partial charge in [0, 0.05) is 18.3 Å². The predicted molar refractivity (Wildman–Crippen MR) is 102 cm³/mol. The molecule has 0 aliphatic heterocycles. The van der Waals surface area contributed by atoms with Gasteiger partial charge in [-0.25, -0.2) is 4.39 Å². The standard InChI is InChI=1S/C20H24FN3O3/c1-4-24(12-15-11-16(21)5-10-19(15)27-3)13-20(26)23-18-8-6-17(7-9-18)22-14(2)25/h5-11H,4,12-13H2,1-3H3,(H,22,25)(H,23,26)/p+1. The summed E-state index contributed by atoms with van der Waals surface area (Å²) in [5.74, 6) is -0.0162. The Morgan fingerprint density at radius 3 is 2.26 bits per heavy atom. The van der Waals surface area contributed by atoms with Gasteiger partial charge in [-0.3, -0.25) is 9.59 Å². The molecule has 0 saturated heterocycles. The van der Waals surface area contributed by atoms with Crippen LogP contribution < -0.4 is 20.3 Å². The van der Waals surface area contributed by atoms with Gasteiger partial charge < -0.3 is 20.3 Å².